The molecule has 0 fully saturated rings. The molecule has 0 aliphatic rings. The molecule has 8 heteroatoms. The Morgan fingerprint density at radius 3 is 0.969 bits per heavy atom. The molecule has 32 heavy (non-hydrogen) atoms. The molecule has 0 heterocycles. The van der Waals surface area contributed by atoms with Gasteiger partial charge in [-0.25, -0.2) is 0 Å². The number of hydrogen-bond donors (Lipinski definition) is 0. The summed E-state index contributed by atoms with van der Waals surface area (Å²) < 4.78 is 38.2. The van der Waals surface area contributed by atoms with Crippen LogP contribution in [-0.4, -0.2) is 54.2 Å². The molecule has 0 aliphatic heterocycles. The van der Waals surface area contributed by atoms with Crippen molar-refractivity contribution in [2.75, 3.05) is 19.8 Å². The maximum atomic E-state index is 6.64. The summed E-state index contributed by atoms with van der Waals surface area (Å²) in [7, 11) is -6.32. The first kappa shape index (κ1) is 29.4. The van der Waals surface area contributed by atoms with E-state index in [-0.39, 0.29) is 0 Å². The van der Waals surface area contributed by atoms with Crippen LogP contribution in [0.2, 0.25) is 0 Å². The topological polar surface area (TPSA) is 55.4 Å². The van der Waals surface area contributed by atoms with Crippen molar-refractivity contribution in [3.8, 4) is 0 Å². The van der Waals surface area contributed by atoms with Crippen molar-refractivity contribution in [3.63, 3.8) is 0 Å². The van der Waals surface area contributed by atoms with E-state index in [0.29, 0.717) is 19.8 Å². The molecule has 1 aromatic carbocycles. The Balaban J connectivity index is 3.62. The zero-order chi connectivity index (χ0) is 24.8. The zero-order valence-electron chi connectivity index (χ0n) is 22.4. The molecule has 0 bridgehead atoms. The van der Waals surface area contributed by atoms with E-state index >= 15 is 0 Å². The lowest BCUT2D eigenvalue weighted by atomic mass is 10.2. The molecule has 0 radical (unpaired) electrons. The monoisotopic (exact) mass is 486 g/mol. The normalized spacial score (nSPS) is 14.1. The molecule has 0 saturated heterocycles. The molecule has 1 rings (SSSR count). The maximum absolute atomic E-state index is 6.64. The minimum Gasteiger partial charge on any atom is -0.370 e. The molecule has 1 aromatic rings. The Morgan fingerprint density at radius 1 is 0.500 bits per heavy atom. The van der Waals surface area contributed by atoms with Crippen molar-refractivity contribution >= 4 is 28.0 Å². The van der Waals surface area contributed by atoms with E-state index in [1.165, 1.54) is 0 Å². The summed E-state index contributed by atoms with van der Waals surface area (Å²) in [6.07, 6.45) is 0. The Bertz CT molecular complexity index is 629. The highest BCUT2D eigenvalue weighted by molar-refractivity contribution is 6.77. The summed E-state index contributed by atoms with van der Waals surface area (Å²) in [5.41, 5.74) is -1.37. The van der Waals surface area contributed by atoms with Gasteiger partial charge in [0.1, 0.15) is 0 Å². The lowest BCUT2D eigenvalue weighted by molar-refractivity contribution is -0.0655. The lowest BCUT2D eigenvalue weighted by Crippen LogP contribution is -2.65. The summed E-state index contributed by atoms with van der Waals surface area (Å²) in [6, 6.07) is 8.05. The van der Waals surface area contributed by atoms with Gasteiger partial charge in [-0.2, -0.15) is 0 Å². The number of benzene rings is 1. The van der Waals surface area contributed by atoms with Crippen LogP contribution < -0.4 is 10.4 Å². The summed E-state index contributed by atoms with van der Waals surface area (Å²) in [5.74, 6) is 0. The SMILES string of the molecule is CCO[Si](OCC)(OCC)c1ccc([Si](OC(C)(C)C)(OC(C)(C)C)OC(C)(C)C)cc1. The average Bonchev–Trinajstić information content (AvgIpc) is 2.58. The van der Waals surface area contributed by atoms with Crippen molar-refractivity contribution in [2.45, 2.75) is 99.9 Å². The first-order valence-electron chi connectivity index (χ1n) is 11.6. The van der Waals surface area contributed by atoms with E-state index in [1.807, 2.05) is 107 Å². The number of rotatable bonds is 11. The van der Waals surface area contributed by atoms with Crippen molar-refractivity contribution in [2.24, 2.45) is 0 Å². The molecule has 0 atom stereocenters. The van der Waals surface area contributed by atoms with Gasteiger partial charge in [-0.3, -0.25) is 0 Å². The predicted molar refractivity (Wildman–Crippen MR) is 135 cm³/mol. The number of hydrogen-bond acceptors (Lipinski definition) is 6. The molecule has 0 N–H and O–H groups in total. The van der Waals surface area contributed by atoms with E-state index in [2.05, 4.69) is 0 Å². The van der Waals surface area contributed by atoms with Gasteiger partial charge in [0, 0.05) is 30.2 Å². The Labute approximate surface area is 198 Å². The fourth-order valence-electron chi connectivity index (χ4n) is 3.27. The van der Waals surface area contributed by atoms with Crippen molar-refractivity contribution in [1.82, 2.24) is 0 Å². The highest BCUT2D eigenvalue weighted by Gasteiger charge is 2.53. The van der Waals surface area contributed by atoms with Crippen molar-refractivity contribution < 1.29 is 26.6 Å². The molecule has 186 valence electrons. The molecule has 0 aromatic heterocycles. The summed E-state index contributed by atoms with van der Waals surface area (Å²) in [6.45, 7) is 25.6. The third-order valence-electron chi connectivity index (χ3n) is 3.92. The highest BCUT2D eigenvalue weighted by atomic mass is 28.4. The summed E-state index contributed by atoms with van der Waals surface area (Å²) >= 11 is 0. The average molecular weight is 487 g/mol. The van der Waals surface area contributed by atoms with Gasteiger partial charge in [-0.05, 0) is 83.1 Å². The van der Waals surface area contributed by atoms with Crippen LogP contribution in [0.25, 0.3) is 0 Å². The largest absolute Gasteiger partial charge is 0.538 e. The molecule has 0 unspecified atom stereocenters. The van der Waals surface area contributed by atoms with Gasteiger partial charge in [0.15, 0.2) is 0 Å². The third kappa shape index (κ3) is 8.98. The quantitative estimate of drug-likeness (QED) is 0.428. The molecule has 6 nitrogen and oxygen atoms in total. The summed E-state index contributed by atoms with van der Waals surface area (Å²) in [5, 5.41) is 1.81. The lowest BCUT2D eigenvalue weighted by Gasteiger charge is -2.43. The van der Waals surface area contributed by atoms with Gasteiger partial charge in [-0.15, -0.1) is 0 Å². The van der Waals surface area contributed by atoms with E-state index < -0.39 is 34.4 Å². The molecular weight excluding hydrogens is 440 g/mol. The van der Waals surface area contributed by atoms with Crippen LogP contribution in [0.4, 0.5) is 0 Å². The molecule has 0 saturated carbocycles. The molecule has 0 amide bonds. The summed E-state index contributed by atoms with van der Waals surface area (Å²) in [4.78, 5) is 0. The predicted octanol–water partition coefficient (Wildman–Crippen LogP) is 4.53. The molecule has 0 spiro atoms. The van der Waals surface area contributed by atoms with Gasteiger partial charge >= 0.3 is 17.6 Å². The van der Waals surface area contributed by atoms with Crippen LogP contribution in [0, 0.1) is 0 Å². The second-order valence-electron chi connectivity index (χ2n) is 10.6. The van der Waals surface area contributed by atoms with Crippen LogP contribution in [0.3, 0.4) is 0 Å². The zero-order valence-corrected chi connectivity index (χ0v) is 24.4. The van der Waals surface area contributed by atoms with Crippen LogP contribution in [0.15, 0.2) is 24.3 Å². The highest BCUT2D eigenvalue weighted by Crippen LogP contribution is 2.29. The smallest absolute Gasteiger partial charge is 0.370 e. The molecular formula is C24H46O6Si2. The van der Waals surface area contributed by atoms with E-state index in [4.69, 9.17) is 26.6 Å². The van der Waals surface area contributed by atoms with Gasteiger partial charge in [-0.1, -0.05) is 24.3 Å². The maximum Gasteiger partial charge on any atom is 0.538 e. The first-order valence-corrected chi connectivity index (χ1v) is 15.1. The standard InChI is InChI=1S/C24H46O6Si2/c1-13-25-31(26-14-2,27-15-3)20-16-18-21(19-17-20)32(28-22(4,5)6,29-23(7,8)9)30-24(10,11)12/h16-19H,13-15H2,1-12H3. The fraction of sp³-hybridized carbons (Fsp3) is 0.750. The Kier molecular flexibility index (Phi) is 10.3. The van der Waals surface area contributed by atoms with Crippen molar-refractivity contribution in [3.05, 3.63) is 24.3 Å². The Morgan fingerprint density at radius 2 is 0.750 bits per heavy atom. The van der Waals surface area contributed by atoms with Crippen LogP contribution in [0.5, 0.6) is 0 Å². The van der Waals surface area contributed by atoms with Gasteiger partial charge < -0.3 is 26.6 Å². The fourth-order valence-corrected chi connectivity index (χ4v) is 9.21. The molecule has 0 aliphatic carbocycles. The Hall–Kier alpha value is -0.586. The van der Waals surface area contributed by atoms with E-state index in [0.717, 1.165) is 10.4 Å². The van der Waals surface area contributed by atoms with Crippen molar-refractivity contribution in [1.29, 1.82) is 0 Å². The minimum atomic E-state index is -3.32. The van der Waals surface area contributed by atoms with Crippen LogP contribution in [-0.2, 0) is 26.6 Å². The second kappa shape index (κ2) is 11.2. The minimum absolute atomic E-state index is 0.456. The second-order valence-corrected chi connectivity index (χ2v) is 15.5. The van der Waals surface area contributed by atoms with E-state index in [9.17, 15) is 0 Å². The van der Waals surface area contributed by atoms with E-state index in [1.54, 1.807) is 0 Å². The third-order valence-corrected chi connectivity index (χ3v) is 10.6. The van der Waals surface area contributed by atoms with Gasteiger partial charge in [0.05, 0.1) is 16.8 Å². The van der Waals surface area contributed by atoms with Crippen LogP contribution >= 0.6 is 0 Å². The van der Waals surface area contributed by atoms with Crippen LogP contribution in [0.1, 0.15) is 83.1 Å². The first-order chi connectivity index (χ1) is 14.5. The van der Waals surface area contributed by atoms with Gasteiger partial charge in [0.2, 0.25) is 0 Å². The van der Waals surface area contributed by atoms with Gasteiger partial charge in [0.25, 0.3) is 0 Å².